The first-order chi connectivity index (χ1) is 17.6. The molecule has 3 aromatic rings. The van der Waals surface area contributed by atoms with E-state index < -0.39 is 0 Å². The van der Waals surface area contributed by atoms with E-state index in [1.54, 1.807) is 0 Å². The van der Waals surface area contributed by atoms with Crippen molar-refractivity contribution in [1.29, 1.82) is 0 Å². The standard InChI is InChI=1S/C34H43NO/c1-4-6-12-26-13-10-17-31-29(23-26)16-11-18-33(31)35-30-21-19-25(3)32(24-30)34(36)22-20-27(5-2)28-14-8-7-9-15-28/h7-9,11,14-16,18-19,21,24,26-27,35H,4-6,10,12-13,17,20,22-23H2,1-3H3. The monoisotopic (exact) mass is 481 g/mol. The Kier molecular flexibility index (Phi) is 9.39. The lowest BCUT2D eigenvalue weighted by atomic mass is 9.89. The number of anilines is 2. The van der Waals surface area contributed by atoms with Gasteiger partial charge in [0.25, 0.3) is 0 Å². The van der Waals surface area contributed by atoms with E-state index in [-0.39, 0.29) is 5.78 Å². The summed E-state index contributed by atoms with van der Waals surface area (Å²) in [7, 11) is 0. The fourth-order valence-electron chi connectivity index (χ4n) is 5.89. The van der Waals surface area contributed by atoms with Crippen molar-refractivity contribution in [1.82, 2.24) is 0 Å². The molecule has 2 atom stereocenters. The van der Waals surface area contributed by atoms with Crippen molar-refractivity contribution in [3.05, 3.63) is 94.5 Å². The van der Waals surface area contributed by atoms with Crippen molar-refractivity contribution in [2.45, 2.75) is 90.9 Å². The van der Waals surface area contributed by atoms with E-state index in [0.717, 1.165) is 42.0 Å². The number of hydrogen-bond acceptors (Lipinski definition) is 2. The van der Waals surface area contributed by atoms with E-state index in [1.165, 1.54) is 60.9 Å². The number of Topliss-reactive ketones (excluding diaryl/α,β-unsaturated/α-hetero) is 1. The zero-order valence-electron chi connectivity index (χ0n) is 22.5. The summed E-state index contributed by atoms with van der Waals surface area (Å²) < 4.78 is 0. The first kappa shape index (κ1) is 26.2. The lowest BCUT2D eigenvalue weighted by molar-refractivity contribution is 0.0976. The molecular weight excluding hydrogens is 438 g/mol. The van der Waals surface area contributed by atoms with Crippen LogP contribution in [0.4, 0.5) is 11.4 Å². The van der Waals surface area contributed by atoms with Crippen LogP contribution in [-0.4, -0.2) is 5.78 Å². The lowest BCUT2D eigenvalue weighted by Gasteiger charge is -2.18. The van der Waals surface area contributed by atoms with Crippen LogP contribution < -0.4 is 5.32 Å². The summed E-state index contributed by atoms with van der Waals surface area (Å²) in [5, 5.41) is 3.69. The Morgan fingerprint density at radius 3 is 2.64 bits per heavy atom. The molecule has 1 aliphatic rings. The van der Waals surface area contributed by atoms with Crippen molar-refractivity contribution in [3.8, 4) is 0 Å². The van der Waals surface area contributed by atoms with E-state index in [4.69, 9.17) is 0 Å². The van der Waals surface area contributed by atoms with Gasteiger partial charge in [0.15, 0.2) is 5.78 Å². The third kappa shape index (κ3) is 6.66. The van der Waals surface area contributed by atoms with Crippen LogP contribution in [-0.2, 0) is 12.8 Å². The van der Waals surface area contributed by atoms with Gasteiger partial charge in [0.2, 0.25) is 0 Å². The van der Waals surface area contributed by atoms with E-state index >= 15 is 0 Å². The number of unbranched alkanes of at least 4 members (excludes halogenated alkanes) is 1. The SMILES string of the molecule is CCCCC1CCCc2c(cccc2Nc2ccc(C)c(C(=O)CCC(CC)c3ccccc3)c2)C1. The third-order valence-corrected chi connectivity index (χ3v) is 8.09. The Morgan fingerprint density at radius 1 is 1.03 bits per heavy atom. The average molecular weight is 482 g/mol. The molecular formula is C34H43NO. The fourth-order valence-corrected chi connectivity index (χ4v) is 5.89. The van der Waals surface area contributed by atoms with E-state index in [1.807, 2.05) is 0 Å². The summed E-state index contributed by atoms with van der Waals surface area (Å²) in [4.78, 5) is 13.3. The molecule has 0 spiro atoms. The molecule has 36 heavy (non-hydrogen) atoms. The zero-order valence-corrected chi connectivity index (χ0v) is 22.5. The second kappa shape index (κ2) is 12.9. The van der Waals surface area contributed by atoms with Gasteiger partial charge in [-0.3, -0.25) is 4.79 Å². The molecule has 0 radical (unpaired) electrons. The number of carbonyl (C=O) groups is 1. The van der Waals surface area contributed by atoms with Crippen LogP contribution in [0.1, 0.15) is 104 Å². The predicted octanol–water partition coefficient (Wildman–Crippen LogP) is 9.58. The topological polar surface area (TPSA) is 29.1 Å². The Labute approximate surface area is 218 Å². The van der Waals surface area contributed by atoms with Crippen LogP contribution in [0.25, 0.3) is 0 Å². The highest BCUT2D eigenvalue weighted by Crippen LogP contribution is 2.34. The van der Waals surface area contributed by atoms with Gasteiger partial charge in [0.05, 0.1) is 0 Å². The number of aryl methyl sites for hydroxylation is 1. The summed E-state index contributed by atoms with van der Waals surface area (Å²) in [6.45, 7) is 6.56. The second-order valence-corrected chi connectivity index (χ2v) is 10.7. The molecule has 2 unspecified atom stereocenters. The fraction of sp³-hybridized carbons (Fsp3) is 0.441. The van der Waals surface area contributed by atoms with Gasteiger partial charge < -0.3 is 5.32 Å². The highest BCUT2D eigenvalue weighted by molar-refractivity contribution is 5.98. The number of ketones is 1. The quantitative estimate of drug-likeness (QED) is 0.218. The molecule has 0 aliphatic heterocycles. The van der Waals surface area contributed by atoms with Crippen LogP contribution >= 0.6 is 0 Å². The normalized spacial score (nSPS) is 16.1. The maximum absolute atomic E-state index is 13.3. The van der Waals surface area contributed by atoms with Gasteiger partial charge in [-0.25, -0.2) is 0 Å². The number of fused-ring (bicyclic) bond motifs is 1. The largest absolute Gasteiger partial charge is 0.355 e. The van der Waals surface area contributed by atoms with E-state index in [2.05, 4.69) is 92.8 Å². The Morgan fingerprint density at radius 2 is 1.86 bits per heavy atom. The molecule has 0 amide bonds. The van der Waals surface area contributed by atoms with Crippen molar-refractivity contribution in [2.75, 3.05) is 5.32 Å². The summed E-state index contributed by atoms with van der Waals surface area (Å²) in [6, 6.07) is 23.6. The minimum Gasteiger partial charge on any atom is -0.355 e. The molecule has 3 aromatic carbocycles. The molecule has 0 heterocycles. The summed E-state index contributed by atoms with van der Waals surface area (Å²) >= 11 is 0. The van der Waals surface area contributed by atoms with Crippen molar-refractivity contribution in [3.63, 3.8) is 0 Å². The highest BCUT2D eigenvalue weighted by atomic mass is 16.1. The Bertz CT molecular complexity index is 1130. The van der Waals surface area contributed by atoms with Gasteiger partial charge in [0, 0.05) is 23.4 Å². The van der Waals surface area contributed by atoms with Gasteiger partial charge in [-0.2, -0.15) is 0 Å². The average Bonchev–Trinajstić information content (AvgIpc) is 3.12. The van der Waals surface area contributed by atoms with Gasteiger partial charge >= 0.3 is 0 Å². The second-order valence-electron chi connectivity index (χ2n) is 10.7. The molecule has 0 saturated carbocycles. The maximum atomic E-state index is 13.3. The molecule has 1 N–H and O–H groups in total. The van der Waals surface area contributed by atoms with Crippen LogP contribution in [0.2, 0.25) is 0 Å². The lowest BCUT2D eigenvalue weighted by Crippen LogP contribution is -2.07. The molecule has 2 heteroatoms. The van der Waals surface area contributed by atoms with Gasteiger partial charge in [0.1, 0.15) is 0 Å². The van der Waals surface area contributed by atoms with Crippen molar-refractivity contribution < 1.29 is 4.79 Å². The number of rotatable bonds is 11. The van der Waals surface area contributed by atoms with Gasteiger partial charge in [-0.1, -0.05) is 81.6 Å². The van der Waals surface area contributed by atoms with Crippen molar-refractivity contribution in [2.24, 2.45) is 5.92 Å². The van der Waals surface area contributed by atoms with E-state index in [9.17, 15) is 4.79 Å². The smallest absolute Gasteiger partial charge is 0.163 e. The number of carbonyl (C=O) groups excluding carboxylic acids is 1. The Balaban J connectivity index is 1.47. The highest BCUT2D eigenvalue weighted by Gasteiger charge is 2.19. The molecule has 0 saturated heterocycles. The predicted molar refractivity (Wildman–Crippen MR) is 154 cm³/mol. The maximum Gasteiger partial charge on any atom is 0.163 e. The minimum atomic E-state index is 0.246. The molecule has 1 aliphatic carbocycles. The molecule has 2 nitrogen and oxygen atoms in total. The van der Waals surface area contributed by atoms with Crippen LogP contribution in [0, 0.1) is 12.8 Å². The first-order valence-corrected chi connectivity index (χ1v) is 14.2. The third-order valence-electron chi connectivity index (χ3n) is 8.09. The number of nitrogens with one attached hydrogen (secondary N) is 1. The van der Waals surface area contributed by atoms with Crippen LogP contribution in [0.5, 0.6) is 0 Å². The molecule has 0 aromatic heterocycles. The van der Waals surface area contributed by atoms with Crippen LogP contribution in [0.15, 0.2) is 66.7 Å². The summed E-state index contributed by atoms with van der Waals surface area (Å²) in [5.74, 6) is 1.49. The van der Waals surface area contributed by atoms with Gasteiger partial charge in [-0.05, 0) is 97.7 Å². The van der Waals surface area contributed by atoms with E-state index in [0.29, 0.717) is 12.3 Å². The Hall–Kier alpha value is -2.87. The minimum absolute atomic E-state index is 0.246. The van der Waals surface area contributed by atoms with Crippen LogP contribution in [0.3, 0.4) is 0 Å². The molecule has 4 rings (SSSR count). The summed E-state index contributed by atoms with van der Waals surface area (Å²) in [5.41, 5.74) is 8.45. The number of benzene rings is 3. The zero-order chi connectivity index (χ0) is 25.3. The van der Waals surface area contributed by atoms with Crippen molar-refractivity contribution >= 4 is 17.2 Å². The first-order valence-electron chi connectivity index (χ1n) is 14.2. The molecule has 0 bridgehead atoms. The summed E-state index contributed by atoms with van der Waals surface area (Å²) in [6.07, 6.45) is 11.4. The number of hydrogen-bond donors (Lipinski definition) is 1. The molecule has 0 fully saturated rings. The molecule has 190 valence electrons. The van der Waals surface area contributed by atoms with Gasteiger partial charge in [-0.15, -0.1) is 0 Å².